The predicted octanol–water partition coefficient (Wildman–Crippen LogP) is 4.00. The molecule has 0 radical (unpaired) electrons. The van der Waals surface area contributed by atoms with E-state index in [4.69, 9.17) is 19.4 Å². The molecule has 1 aliphatic carbocycles. The van der Waals surface area contributed by atoms with Gasteiger partial charge in [0.05, 0.1) is 17.6 Å². The van der Waals surface area contributed by atoms with Gasteiger partial charge in [0, 0.05) is 32.0 Å². The molecule has 300 valence electrons. The molecule has 15 nitrogen and oxygen atoms in total. The van der Waals surface area contributed by atoms with E-state index in [-0.39, 0.29) is 31.7 Å². The number of rotatable bonds is 7. The van der Waals surface area contributed by atoms with Gasteiger partial charge >= 0.3 is 16.3 Å². The third-order valence-electron chi connectivity index (χ3n) is 9.97. The van der Waals surface area contributed by atoms with Crippen molar-refractivity contribution < 1.29 is 41.5 Å². The number of ether oxygens (including phenoxy) is 2. The fraction of sp³-hybridized carbons (Fsp3) is 0.487. The van der Waals surface area contributed by atoms with Gasteiger partial charge in [-0.3, -0.25) is 14.4 Å². The zero-order chi connectivity index (χ0) is 40.4. The summed E-state index contributed by atoms with van der Waals surface area (Å²) >= 11 is 0. The maximum atomic E-state index is 14.6. The van der Waals surface area contributed by atoms with Crippen LogP contribution in [0.4, 0.5) is 9.18 Å². The Morgan fingerprint density at radius 3 is 2.39 bits per heavy atom. The number of hydrogen-bond acceptors (Lipinski definition) is 10. The number of aromatic nitrogens is 2. The van der Waals surface area contributed by atoms with Gasteiger partial charge in [-0.2, -0.15) is 12.7 Å². The second kappa shape index (κ2) is 16.1. The quantitative estimate of drug-likeness (QED) is 0.295. The van der Waals surface area contributed by atoms with E-state index in [2.05, 4.69) is 15.4 Å². The van der Waals surface area contributed by atoms with Crippen LogP contribution in [0, 0.1) is 11.7 Å². The minimum absolute atomic E-state index is 0.0533. The normalized spacial score (nSPS) is 25.2. The van der Waals surface area contributed by atoms with Crippen molar-refractivity contribution in [3.8, 4) is 17.1 Å². The standard InChI is InChI=1S/C39H48FN7O8S/c1-38(2,3)55-37(51)43-30-16-10-8-6-7-9-13-25-22-39(25,36(50)45-56(52,53)46(4)5)44-33(48)31-21-27(23-47(31)35(30)49)54-34-32(24-17-19-26(40)20-18-24)41-28-14-11-12-15-29(28)42-34/h9,11-15,17-20,25,27,30-31H,6-8,10,16,21-23H2,1-5H3,(H,43,51)(H,44,48)(H,45,50)/b13-9-/t25-,27-,30+,31+,39-/m1/s1. The van der Waals surface area contributed by atoms with Crippen LogP contribution in [0.5, 0.6) is 5.88 Å². The molecule has 0 bridgehead atoms. The number of amides is 4. The van der Waals surface area contributed by atoms with Crippen molar-refractivity contribution in [1.82, 2.24) is 34.5 Å². The van der Waals surface area contributed by atoms with Gasteiger partial charge in [-0.15, -0.1) is 0 Å². The van der Waals surface area contributed by atoms with Crippen molar-refractivity contribution in [2.75, 3.05) is 20.6 Å². The number of carbonyl (C=O) groups excluding carboxylic acids is 4. The van der Waals surface area contributed by atoms with E-state index < -0.39 is 75.1 Å². The van der Waals surface area contributed by atoms with Gasteiger partial charge in [-0.1, -0.05) is 37.1 Å². The van der Waals surface area contributed by atoms with Crippen molar-refractivity contribution in [2.45, 2.75) is 95.0 Å². The number of para-hydroxylation sites is 2. The van der Waals surface area contributed by atoms with Gasteiger partial charge in [-0.25, -0.2) is 23.9 Å². The Balaban J connectivity index is 1.36. The van der Waals surface area contributed by atoms with Gasteiger partial charge in [0.15, 0.2) is 0 Å². The molecule has 1 aromatic heterocycles. The summed E-state index contributed by atoms with van der Waals surface area (Å²) in [5.41, 5.74) is -0.511. The molecule has 1 saturated carbocycles. The maximum absolute atomic E-state index is 14.6. The van der Waals surface area contributed by atoms with E-state index in [0.717, 1.165) is 17.1 Å². The first-order chi connectivity index (χ1) is 26.5. The van der Waals surface area contributed by atoms with Crippen LogP contribution in [0.2, 0.25) is 0 Å². The number of benzene rings is 2. The molecule has 0 unspecified atom stereocenters. The average molecular weight is 794 g/mol. The van der Waals surface area contributed by atoms with Gasteiger partial charge < -0.3 is 25.0 Å². The highest BCUT2D eigenvalue weighted by Crippen LogP contribution is 2.46. The first kappa shape index (κ1) is 40.5. The average Bonchev–Trinajstić information content (AvgIpc) is 3.66. The number of fused-ring (bicyclic) bond motifs is 3. The Labute approximate surface area is 325 Å². The van der Waals surface area contributed by atoms with Crippen LogP contribution in [0.15, 0.2) is 60.7 Å². The fourth-order valence-corrected chi connectivity index (χ4v) is 7.53. The summed E-state index contributed by atoms with van der Waals surface area (Å²) in [6.45, 7) is 5.01. The van der Waals surface area contributed by atoms with Gasteiger partial charge in [-0.05, 0) is 82.9 Å². The number of nitrogens with zero attached hydrogens (tertiary/aromatic N) is 4. The summed E-state index contributed by atoms with van der Waals surface area (Å²) in [6, 6.07) is 10.5. The molecule has 3 aliphatic rings. The lowest BCUT2D eigenvalue weighted by Crippen LogP contribution is -2.58. The Kier molecular flexibility index (Phi) is 11.7. The lowest BCUT2D eigenvalue weighted by molar-refractivity contribution is -0.141. The first-order valence-corrected chi connectivity index (χ1v) is 20.1. The summed E-state index contributed by atoms with van der Waals surface area (Å²) < 4.78 is 54.3. The molecular weight excluding hydrogens is 746 g/mol. The summed E-state index contributed by atoms with van der Waals surface area (Å²) in [5.74, 6) is -3.01. The lowest BCUT2D eigenvalue weighted by atomic mass is 10.0. The molecule has 2 aliphatic heterocycles. The van der Waals surface area contributed by atoms with Crippen molar-refractivity contribution >= 4 is 45.1 Å². The molecule has 56 heavy (non-hydrogen) atoms. The molecule has 5 atom stereocenters. The fourth-order valence-electron chi connectivity index (χ4n) is 6.93. The molecule has 3 heterocycles. The number of halogens is 1. The Morgan fingerprint density at radius 2 is 1.71 bits per heavy atom. The SMILES string of the molecule is CN(C)S(=O)(=O)NC(=O)[C@@]12C[C@H]1/C=C\CCCCC[C@H](NC(=O)OC(C)(C)C)C(=O)N1C[C@H](Oc3nc4ccccc4nc3-c3ccc(F)cc3)C[C@H]1C(=O)N2. The van der Waals surface area contributed by atoms with E-state index in [1.165, 1.54) is 31.1 Å². The largest absolute Gasteiger partial charge is 0.471 e. The number of allylic oxidation sites excluding steroid dienone is 1. The van der Waals surface area contributed by atoms with Crippen LogP contribution in [0.3, 0.4) is 0 Å². The van der Waals surface area contributed by atoms with Gasteiger partial charge in [0.1, 0.15) is 40.8 Å². The second-order valence-corrected chi connectivity index (χ2v) is 17.5. The molecule has 4 amide bonds. The molecule has 2 aromatic carbocycles. The van der Waals surface area contributed by atoms with E-state index >= 15 is 0 Å². The molecule has 2 fully saturated rings. The molecule has 0 spiro atoms. The van der Waals surface area contributed by atoms with Crippen molar-refractivity contribution in [3.05, 3.63) is 66.5 Å². The Hall–Kier alpha value is -5.16. The highest BCUT2D eigenvalue weighted by molar-refractivity contribution is 7.87. The molecule has 3 aromatic rings. The zero-order valence-electron chi connectivity index (χ0n) is 32.1. The minimum atomic E-state index is -4.20. The minimum Gasteiger partial charge on any atom is -0.471 e. The van der Waals surface area contributed by atoms with Crippen LogP contribution in [0.1, 0.15) is 65.7 Å². The summed E-state index contributed by atoms with van der Waals surface area (Å²) in [5, 5.41) is 5.53. The molecular formula is C39H48FN7O8S. The third kappa shape index (κ3) is 9.26. The van der Waals surface area contributed by atoms with Crippen LogP contribution < -0.4 is 20.1 Å². The van der Waals surface area contributed by atoms with E-state index in [1.807, 2.05) is 18.2 Å². The number of alkyl carbamates (subject to hydrolysis) is 1. The van der Waals surface area contributed by atoms with Gasteiger partial charge in [0.2, 0.25) is 17.7 Å². The van der Waals surface area contributed by atoms with Crippen molar-refractivity contribution in [2.24, 2.45) is 5.92 Å². The zero-order valence-corrected chi connectivity index (χ0v) is 32.9. The Bertz CT molecular complexity index is 2130. The summed E-state index contributed by atoms with van der Waals surface area (Å²) in [4.78, 5) is 66.5. The lowest BCUT2D eigenvalue weighted by Gasteiger charge is -2.30. The Morgan fingerprint density at radius 1 is 1.02 bits per heavy atom. The number of nitrogens with one attached hydrogen (secondary N) is 3. The molecule has 1 saturated heterocycles. The van der Waals surface area contributed by atoms with E-state index in [9.17, 15) is 32.0 Å². The van der Waals surface area contributed by atoms with Gasteiger partial charge in [0.25, 0.3) is 5.91 Å². The molecule has 3 N–H and O–H groups in total. The monoisotopic (exact) mass is 793 g/mol. The van der Waals surface area contributed by atoms with E-state index in [0.29, 0.717) is 35.1 Å². The summed E-state index contributed by atoms with van der Waals surface area (Å²) in [6.07, 6.45) is 5.15. The van der Waals surface area contributed by atoms with Crippen LogP contribution in [0.25, 0.3) is 22.3 Å². The number of hydrogen-bond donors (Lipinski definition) is 3. The number of carbonyl (C=O) groups is 4. The first-order valence-electron chi connectivity index (χ1n) is 18.7. The predicted molar refractivity (Wildman–Crippen MR) is 205 cm³/mol. The molecule has 17 heteroatoms. The summed E-state index contributed by atoms with van der Waals surface area (Å²) in [7, 11) is -1.65. The second-order valence-electron chi connectivity index (χ2n) is 15.6. The highest BCUT2D eigenvalue weighted by Gasteiger charge is 2.61. The topological polar surface area (TPSA) is 189 Å². The van der Waals surface area contributed by atoms with Crippen LogP contribution in [-0.4, -0.2) is 101 Å². The highest BCUT2D eigenvalue weighted by atomic mass is 32.2. The third-order valence-corrected chi connectivity index (χ3v) is 11.4. The van der Waals surface area contributed by atoms with Crippen molar-refractivity contribution in [3.63, 3.8) is 0 Å². The molecule has 6 rings (SSSR count). The van der Waals surface area contributed by atoms with E-state index in [1.54, 1.807) is 51.1 Å². The van der Waals surface area contributed by atoms with Crippen molar-refractivity contribution in [1.29, 1.82) is 0 Å². The van der Waals surface area contributed by atoms with Crippen LogP contribution >= 0.6 is 0 Å². The van der Waals surface area contributed by atoms with Crippen LogP contribution in [-0.2, 0) is 29.3 Å². The maximum Gasteiger partial charge on any atom is 0.408 e. The smallest absolute Gasteiger partial charge is 0.408 e.